The van der Waals surface area contributed by atoms with Crippen molar-refractivity contribution in [1.82, 2.24) is 10.2 Å². The quantitative estimate of drug-likeness (QED) is 0.890. The van der Waals surface area contributed by atoms with E-state index < -0.39 is 5.97 Å². The Bertz CT molecular complexity index is 447. The zero-order chi connectivity index (χ0) is 12.4. The van der Waals surface area contributed by atoms with E-state index in [4.69, 9.17) is 5.11 Å². The van der Waals surface area contributed by atoms with Gasteiger partial charge in [0.15, 0.2) is 0 Å². The van der Waals surface area contributed by atoms with Gasteiger partial charge in [0, 0.05) is 11.0 Å². The van der Waals surface area contributed by atoms with E-state index in [1.54, 1.807) is 0 Å². The van der Waals surface area contributed by atoms with E-state index in [9.17, 15) is 9.59 Å². The Balaban J connectivity index is 2.22. The second-order valence-corrected chi connectivity index (χ2v) is 4.69. The minimum Gasteiger partial charge on any atom is -0.480 e. The second-order valence-electron chi connectivity index (χ2n) is 3.78. The van der Waals surface area contributed by atoms with Gasteiger partial charge in [-0.2, -0.15) is 0 Å². The van der Waals surface area contributed by atoms with Gasteiger partial charge in [-0.25, -0.2) is 4.79 Å². The maximum Gasteiger partial charge on any atom is 0.323 e. The minimum absolute atomic E-state index is 0.216. The van der Waals surface area contributed by atoms with Crippen LogP contribution in [-0.2, 0) is 4.79 Å². The normalized spacial score (nSPS) is 19.2. The van der Waals surface area contributed by atoms with Gasteiger partial charge in [-0.1, -0.05) is 28.1 Å². The number of amides is 2. The minimum atomic E-state index is -1.01. The molecule has 1 aliphatic rings. The van der Waals surface area contributed by atoms with Crippen molar-refractivity contribution in [2.45, 2.75) is 6.04 Å². The zero-order valence-electron chi connectivity index (χ0n) is 8.89. The number of carbonyl (C=O) groups excluding carboxylic acids is 1. The number of nitrogens with zero attached hydrogens (tertiary/aromatic N) is 1. The SMILES string of the molecule is O=C(O)CN1C(=O)NCC1c1ccc(Br)cc1. The average Bonchev–Trinajstić information content (AvgIpc) is 2.61. The number of carboxylic acids is 1. The summed E-state index contributed by atoms with van der Waals surface area (Å²) in [6.07, 6.45) is 0. The van der Waals surface area contributed by atoms with Gasteiger partial charge in [0.1, 0.15) is 6.54 Å². The van der Waals surface area contributed by atoms with Crippen LogP contribution >= 0.6 is 15.9 Å². The summed E-state index contributed by atoms with van der Waals surface area (Å²) in [6, 6.07) is 6.95. The largest absolute Gasteiger partial charge is 0.480 e. The summed E-state index contributed by atoms with van der Waals surface area (Å²) in [6.45, 7) is 0.153. The number of carboxylic acid groups (broad SMARTS) is 1. The van der Waals surface area contributed by atoms with Crippen LogP contribution < -0.4 is 5.32 Å². The first-order chi connectivity index (χ1) is 8.08. The van der Waals surface area contributed by atoms with E-state index >= 15 is 0 Å². The molecule has 0 aliphatic carbocycles. The molecule has 1 aromatic carbocycles. The van der Waals surface area contributed by atoms with Crippen molar-refractivity contribution in [2.75, 3.05) is 13.1 Å². The Morgan fingerprint density at radius 3 is 2.71 bits per heavy atom. The van der Waals surface area contributed by atoms with Crippen molar-refractivity contribution in [3.63, 3.8) is 0 Å². The predicted octanol–water partition coefficient (Wildman–Crippen LogP) is 1.60. The van der Waals surface area contributed by atoms with E-state index in [1.807, 2.05) is 24.3 Å². The molecule has 6 heteroatoms. The third kappa shape index (κ3) is 2.58. The summed E-state index contributed by atoms with van der Waals surface area (Å²) in [5, 5.41) is 11.4. The van der Waals surface area contributed by atoms with Crippen LogP contribution in [0, 0.1) is 0 Å². The molecule has 0 saturated carbocycles. The Kier molecular flexibility index (Phi) is 3.33. The van der Waals surface area contributed by atoms with E-state index in [2.05, 4.69) is 21.2 Å². The lowest BCUT2D eigenvalue weighted by molar-refractivity contribution is -0.137. The Hall–Kier alpha value is -1.56. The molecule has 1 aliphatic heterocycles. The van der Waals surface area contributed by atoms with Crippen LogP contribution in [0.1, 0.15) is 11.6 Å². The van der Waals surface area contributed by atoms with Crippen LogP contribution in [0.3, 0.4) is 0 Å². The van der Waals surface area contributed by atoms with Gasteiger partial charge in [-0.15, -0.1) is 0 Å². The van der Waals surface area contributed by atoms with Gasteiger partial charge >= 0.3 is 12.0 Å². The first-order valence-electron chi connectivity index (χ1n) is 5.09. The van der Waals surface area contributed by atoms with Gasteiger partial charge < -0.3 is 15.3 Å². The number of aliphatic carboxylic acids is 1. The molecule has 1 atom stereocenters. The van der Waals surface area contributed by atoms with Gasteiger partial charge in [-0.3, -0.25) is 4.79 Å². The fourth-order valence-corrected chi connectivity index (χ4v) is 2.11. The van der Waals surface area contributed by atoms with Crippen LogP contribution in [0.25, 0.3) is 0 Å². The summed E-state index contributed by atoms with van der Waals surface area (Å²) in [7, 11) is 0. The number of hydrogen-bond acceptors (Lipinski definition) is 2. The van der Waals surface area contributed by atoms with Crippen LogP contribution in [-0.4, -0.2) is 35.1 Å². The summed E-state index contributed by atoms with van der Waals surface area (Å²) >= 11 is 3.33. The Morgan fingerprint density at radius 1 is 1.47 bits per heavy atom. The molecule has 2 N–H and O–H groups in total. The lowest BCUT2D eigenvalue weighted by Gasteiger charge is -2.21. The van der Waals surface area contributed by atoms with Crippen LogP contribution in [0.2, 0.25) is 0 Å². The lowest BCUT2D eigenvalue weighted by atomic mass is 10.1. The average molecular weight is 299 g/mol. The Labute approximate surface area is 107 Å². The van der Waals surface area contributed by atoms with Gasteiger partial charge in [-0.05, 0) is 17.7 Å². The molecule has 90 valence electrons. The second kappa shape index (κ2) is 4.75. The number of halogens is 1. The van der Waals surface area contributed by atoms with E-state index in [1.165, 1.54) is 4.90 Å². The van der Waals surface area contributed by atoms with Crippen LogP contribution in [0.15, 0.2) is 28.7 Å². The fraction of sp³-hybridized carbons (Fsp3) is 0.273. The summed E-state index contributed by atoms with van der Waals surface area (Å²) in [5.41, 5.74) is 0.924. The standard InChI is InChI=1S/C11H11BrN2O3/c12-8-3-1-7(2-4-8)9-5-13-11(17)14(9)6-10(15)16/h1-4,9H,5-6H2,(H,13,17)(H,15,16). The number of carbonyl (C=O) groups is 2. The molecule has 2 amide bonds. The molecule has 0 spiro atoms. The zero-order valence-corrected chi connectivity index (χ0v) is 10.5. The predicted molar refractivity (Wildman–Crippen MR) is 64.6 cm³/mol. The molecule has 1 aromatic rings. The molecule has 0 aromatic heterocycles. The monoisotopic (exact) mass is 298 g/mol. The van der Waals surface area contributed by atoms with Crippen molar-refractivity contribution in [3.8, 4) is 0 Å². The first kappa shape index (κ1) is 11.9. The van der Waals surface area contributed by atoms with E-state index in [0.29, 0.717) is 6.54 Å². The maximum absolute atomic E-state index is 11.5. The molecule has 1 heterocycles. The lowest BCUT2D eigenvalue weighted by Crippen LogP contribution is -2.34. The third-order valence-corrected chi connectivity index (χ3v) is 3.17. The number of rotatable bonds is 3. The van der Waals surface area contributed by atoms with Gasteiger partial charge in [0.2, 0.25) is 0 Å². The van der Waals surface area contributed by atoms with E-state index in [0.717, 1.165) is 10.0 Å². The van der Waals surface area contributed by atoms with Crippen molar-refractivity contribution in [3.05, 3.63) is 34.3 Å². The van der Waals surface area contributed by atoms with Crippen molar-refractivity contribution in [2.24, 2.45) is 0 Å². The van der Waals surface area contributed by atoms with Crippen LogP contribution in [0.5, 0.6) is 0 Å². The fourth-order valence-electron chi connectivity index (χ4n) is 1.85. The number of hydrogen-bond donors (Lipinski definition) is 2. The highest BCUT2D eigenvalue weighted by atomic mass is 79.9. The Morgan fingerprint density at radius 2 is 2.12 bits per heavy atom. The molecule has 0 radical (unpaired) electrons. The highest BCUT2D eigenvalue weighted by Crippen LogP contribution is 2.25. The highest BCUT2D eigenvalue weighted by Gasteiger charge is 2.32. The number of benzene rings is 1. The molecule has 17 heavy (non-hydrogen) atoms. The van der Waals surface area contributed by atoms with Crippen molar-refractivity contribution < 1.29 is 14.7 Å². The third-order valence-electron chi connectivity index (χ3n) is 2.64. The molecule has 0 bridgehead atoms. The number of urea groups is 1. The van der Waals surface area contributed by atoms with Gasteiger partial charge in [0.25, 0.3) is 0 Å². The summed E-state index contributed by atoms with van der Waals surface area (Å²) < 4.78 is 0.948. The van der Waals surface area contributed by atoms with Crippen molar-refractivity contribution in [1.29, 1.82) is 0 Å². The molecular formula is C11H11BrN2O3. The number of nitrogens with one attached hydrogen (secondary N) is 1. The molecule has 1 fully saturated rings. The molecule has 1 saturated heterocycles. The summed E-state index contributed by atoms with van der Waals surface area (Å²) in [5.74, 6) is -1.01. The smallest absolute Gasteiger partial charge is 0.323 e. The van der Waals surface area contributed by atoms with Crippen molar-refractivity contribution >= 4 is 27.9 Å². The van der Waals surface area contributed by atoms with Crippen LogP contribution in [0.4, 0.5) is 4.79 Å². The molecule has 1 unspecified atom stereocenters. The first-order valence-corrected chi connectivity index (χ1v) is 5.89. The molecular weight excluding hydrogens is 288 g/mol. The summed E-state index contributed by atoms with van der Waals surface area (Å²) in [4.78, 5) is 23.5. The maximum atomic E-state index is 11.5. The van der Waals surface area contributed by atoms with E-state index in [-0.39, 0.29) is 18.6 Å². The topological polar surface area (TPSA) is 69.6 Å². The molecule has 5 nitrogen and oxygen atoms in total. The molecule has 2 rings (SSSR count). The highest BCUT2D eigenvalue weighted by molar-refractivity contribution is 9.10. The van der Waals surface area contributed by atoms with Gasteiger partial charge in [0.05, 0.1) is 6.04 Å².